The minimum atomic E-state index is -1.36. The second-order valence-corrected chi connectivity index (χ2v) is 5.58. The predicted molar refractivity (Wildman–Crippen MR) is 93.8 cm³/mol. The Hall–Kier alpha value is -3.41. The summed E-state index contributed by atoms with van der Waals surface area (Å²) in [6, 6.07) is 17.3. The van der Waals surface area contributed by atoms with Gasteiger partial charge in [-0.05, 0) is 29.7 Å². The molecule has 0 aliphatic carbocycles. The van der Waals surface area contributed by atoms with Gasteiger partial charge in [0, 0.05) is 5.57 Å². The molecule has 0 aliphatic rings. The summed E-state index contributed by atoms with van der Waals surface area (Å²) in [7, 11) is 0. The van der Waals surface area contributed by atoms with Gasteiger partial charge in [-0.2, -0.15) is 0 Å². The summed E-state index contributed by atoms with van der Waals surface area (Å²) in [4.78, 5) is 34.8. The first kappa shape index (κ1) is 18.9. The van der Waals surface area contributed by atoms with Gasteiger partial charge in [0.15, 0.2) is 0 Å². The van der Waals surface area contributed by atoms with Crippen molar-refractivity contribution in [3.8, 4) is 5.75 Å². The van der Waals surface area contributed by atoms with Crippen molar-refractivity contribution in [3.63, 3.8) is 0 Å². The molecule has 0 fully saturated rings. The van der Waals surface area contributed by atoms with Crippen LogP contribution in [-0.2, 0) is 20.8 Å². The van der Waals surface area contributed by atoms with E-state index in [2.05, 4.69) is 0 Å². The molecule has 6 nitrogen and oxygen atoms in total. The van der Waals surface area contributed by atoms with Crippen LogP contribution in [0.25, 0.3) is 0 Å². The van der Waals surface area contributed by atoms with Crippen molar-refractivity contribution >= 4 is 17.9 Å². The van der Waals surface area contributed by atoms with Gasteiger partial charge in [-0.25, -0.2) is 4.79 Å². The Balaban J connectivity index is 2.28. The molecule has 0 saturated heterocycles. The molecule has 2 aromatic rings. The minimum Gasteiger partial charge on any atom is -0.481 e. The highest BCUT2D eigenvalue weighted by Crippen LogP contribution is 2.21. The highest BCUT2D eigenvalue weighted by Gasteiger charge is 2.21. The van der Waals surface area contributed by atoms with Crippen LogP contribution in [-0.4, -0.2) is 28.1 Å². The Bertz CT molecular complexity index is 809. The Labute approximate surface area is 150 Å². The van der Waals surface area contributed by atoms with E-state index in [0.717, 1.165) is 5.56 Å². The number of carboxylic acids is 2. The van der Waals surface area contributed by atoms with Gasteiger partial charge in [0.2, 0.25) is 0 Å². The zero-order chi connectivity index (χ0) is 18.9. The number of carbonyl (C=O) groups excluding carboxylic acids is 1. The summed E-state index contributed by atoms with van der Waals surface area (Å²) in [5, 5.41) is 18.4. The van der Waals surface area contributed by atoms with Crippen LogP contribution in [0.3, 0.4) is 0 Å². The lowest BCUT2D eigenvalue weighted by atomic mass is 9.95. The van der Waals surface area contributed by atoms with Crippen molar-refractivity contribution in [3.05, 3.63) is 77.4 Å². The van der Waals surface area contributed by atoms with E-state index in [0.29, 0.717) is 5.75 Å². The molecule has 0 atom stereocenters. The molecule has 0 spiro atoms. The molecular formula is C20H18O6. The van der Waals surface area contributed by atoms with E-state index < -0.39 is 24.3 Å². The number of carbonyl (C=O) groups is 3. The first-order valence-corrected chi connectivity index (χ1v) is 7.91. The van der Waals surface area contributed by atoms with Gasteiger partial charge in [-0.15, -0.1) is 0 Å². The molecule has 2 rings (SSSR count). The molecule has 6 heteroatoms. The minimum absolute atomic E-state index is 0.152. The summed E-state index contributed by atoms with van der Waals surface area (Å²) in [5.74, 6) is -2.94. The third-order valence-corrected chi connectivity index (χ3v) is 3.61. The van der Waals surface area contributed by atoms with Crippen LogP contribution < -0.4 is 4.74 Å². The number of hydrogen-bond donors (Lipinski definition) is 2. The summed E-state index contributed by atoms with van der Waals surface area (Å²) in [6.45, 7) is 0. The Morgan fingerprint density at radius 1 is 0.808 bits per heavy atom. The van der Waals surface area contributed by atoms with Gasteiger partial charge in [0.25, 0.3) is 0 Å². The number of carboxylic acid groups (broad SMARTS) is 2. The third kappa shape index (κ3) is 5.90. The first-order valence-electron chi connectivity index (χ1n) is 7.91. The number of esters is 1. The molecule has 134 valence electrons. The van der Waals surface area contributed by atoms with Gasteiger partial charge >= 0.3 is 17.9 Å². The van der Waals surface area contributed by atoms with Gasteiger partial charge in [0.1, 0.15) is 5.75 Å². The molecule has 0 aliphatic heterocycles. The number of para-hydroxylation sites is 1. The summed E-state index contributed by atoms with van der Waals surface area (Å²) >= 11 is 0. The lowest BCUT2D eigenvalue weighted by molar-refractivity contribution is -0.140. The van der Waals surface area contributed by atoms with Gasteiger partial charge in [-0.3, -0.25) is 9.59 Å². The van der Waals surface area contributed by atoms with Crippen molar-refractivity contribution < 1.29 is 29.3 Å². The number of ether oxygens (including phenoxy) is 1. The lowest BCUT2D eigenvalue weighted by Crippen LogP contribution is -2.16. The normalized spacial score (nSPS) is 11.4. The molecular weight excluding hydrogens is 336 g/mol. The smallest absolute Gasteiger partial charge is 0.332 e. The third-order valence-electron chi connectivity index (χ3n) is 3.61. The predicted octanol–water partition coefficient (Wildman–Crippen LogP) is 3.08. The number of rotatable bonds is 8. The van der Waals surface area contributed by atoms with Crippen molar-refractivity contribution in [1.82, 2.24) is 0 Å². The summed E-state index contributed by atoms with van der Waals surface area (Å²) in [6.07, 6.45) is -0.825. The Morgan fingerprint density at radius 3 is 1.92 bits per heavy atom. The average Bonchev–Trinajstić information content (AvgIpc) is 2.60. The Morgan fingerprint density at radius 2 is 1.38 bits per heavy atom. The maximum Gasteiger partial charge on any atom is 0.332 e. The van der Waals surface area contributed by atoms with E-state index in [9.17, 15) is 19.5 Å². The van der Waals surface area contributed by atoms with Gasteiger partial charge < -0.3 is 14.9 Å². The van der Waals surface area contributed by atoms with Crippen molar-refractivity contribution in [1.29, 1.82) is 0 Å². The molecule has 0 heterocycles. The summed E-state index contributed by atoms with van der Waals surface area (Å²) in [5.41, 5.74) is 0.692. The largest absolute Gasteiger partial charge is 0.481 e. The number of hydrogen-bond acceptors (Lipinski definition) is 4. The maximum atomic E-state index is 12.2. The van der Waals surface area contributed by atoms with E-state index in [1.54, 1.807) is 54.6 Å². The topological polar surface area (TPSA) is 101 Å². The van der Waals surface area contributed by atoms with Crippen LogP contribution in [0.1, 0.15) is 18.4 Å². The van der Waals surface area contributed by atoms with E-state index >= 15 is 0 Å². The lowest BCUT2D eigenvalue weighted by Gasteiger charge is -2.12. The standard InChI is InChI=1S/C20H18O6/c21-18(22)13-17(20(24)25)15(11-14-7-3-1-4-8-14)12-19(23)26-16-9-5-2-6-10-16/h1-10H,11-13H2,(H,21,22)(H,24,25). The fraction of sp³-hybridized carbons (Fsp3) is 0.150. The van der Waals surface area contributed by atoms with E-state index in [1.165, 1.54) is 0 Å². The second kappa shape index (κ2) is 9.17. The van der Waals surface area contributed by atoms with Crippen molar-refractivity contribution in [2.45, 2.75) is 19.3 Å². The molecule has 0 bridgehead atoms. The average molecular weight is 354 g/mol. The highest BCUT2D eigenvalue weighted by atomic mass is 16.5. The van der Waals surface area contributed by atoms with Crippen LogP contribution in [0.5, 0.6) is 5.75 Å². The fourth-order valence-electron chi connectivity index (χ4n) is 2.45. The quantitative estimate of drug-likeness (QED) is 0.429. The van der Waals surface area contributed by atoms with Gasteiger partial charge in [0.05, 0.1) is 12.8 Å². The zero-order valence-electron chi connectivity index (χ0n) is 13.9. The number of aliphatic carboxylic acids is 2. The molecule has 26 heavy (non-hydrogen) atoms. The second-order valence-electron chi connectivity index (χ2n) is 5.58. The highest BCUT2D eigenvalue weighted by molar-refractivity contribution is 5.94. The SMILES string of the molecule is O=C(O)CC(C(=O)O)=C(CC(=O)Oc1ccccc1)Cc1ccccc1. The van der Waals surface area contributed by atoms with E-state index in [-0.39, 0.29) is 24.0 Å². The van der Waals surface area contributed by atoms with Crippen LogP contribution in [0, 0.1) is 0 Å². The molecule has 0 aromatic heterocycles. The van der Waals surface area contributed by atoms with Crippen molar-refractivity contribution in [2.75, 3.05) is 0 Å². The first-order chi connectivity index (χ1) is 12.5. The summed E-state index contributed by atoms with van der Waals surface area (Å²) < 4.78 is 5.20. The molecule has 2 N–H and O–H groups in total. The maximum absolute atomic E-state index is 12.2. The fourth-order valence-corrected chi connectivity index (χ4v) is 2.45. The van der Waals surface area contributed by atoms with Gasteiger partial charge in [-0.1, -0.05) is 48.5 Å². The molecule has 2 aromatic carbocycles. The molecule has 0 saturated carbocycles. The Kier molecular flexibility index (Phi) is 6.68. The van der Waals surface area contributed by atoms with Crippen LogP contribution in [0.4, 0.5) is 0 Å². The zero-order valence-corrected chi connectivity index (χ0v) is 13.9. The molecule has 0 unspecified atom stereocenters. The van der Waals surface area contributed by atoms with E-state index in [4.69, 9.17) is 9.84 Å². The molecule has 0 radical (unpaired) electrons. The van der Waals surface area contributed by atoms with Crippen LogP contribution >= 0.6 is 0 Å². The monoisotopic (exact) mass is 354 g/mol. The van der Waals surface area contributed by atoms with E-state index in [1.807, 2.05) is 6.07 Å². The number of benzene rings is 2. The van der Waals surface area contributed by atoms with Crippen LogP contribution in [0.2, 0.25) is 0 Å². The van der Waals surface area contributed by atoms with Crippen LogP contribution in [0.15, 0.2) is 71.8 Å². The van der Waals surface area contributed by atoms with Crippen molar-refractivity contribution in [2.24, 2.45) is 0 Å². The molecule has 0 amide bonds.